The average molecular weight is 642 g/mol. The first-order valence-electron chi connectivity index (χ1n) is 16.4. The van der Waals surface area contributed by atoms with Crippen LogP contribution in [-0.4, -0.2) is 15.0 Å². The van der Waals surface area contributed by atoms with Crippen LogP contribution >= 0.6 is 11.3 Å². The maximum absolute atomic E-state index is 5.29. The van der Waals surface area contributed by atoms with Crippen molar-refractivity contribution < 1.29 is 0 Å². The summed E-state index contributed by atoms with van der Waals surface area (Å²) in [6.45, 7) is 0. The third-order valence-corrected chi connectivity index (χ3v) is 10.7. The lowest BCUT2D eigenvalue weighted by molar-refractivity contribution is 1.08. The molecule has 0 saturated carbocycles. The number of nitrogens with zero attached hydrogens (tertiary/aromatic N) is 3. The van der Waals surface area contributed by atoms with E-state index in [2.05, 4.69) is 146 Å². The number of hydrogen-bond acceptors (Lipinski definition) is 4. The van der Waals surface area contributed by atoms with E-state index in [1.54, 1.807) is 0 Å². The first-order valence-corrected chi connectivity index (χ1v) is 17.3. The molecule has 3 nitrogen and oxygen atoms in total. The van der Waals surface area contributed by atoms with E-state index in [1.165, 1.54) is 41.9 Å². The lowest BCUT2D eigenvalue weighted by atomic mass is 9.93. The minimum absolute atomic E-state index is 0.649. The number of thiophene rings is 1. The Morgan fingerprint density at radius 1 is 0.347 bits per heavy atom. The molecule has 10 rings (SSSR count). The molecular weight excluding hydrogens is 615 g/mol. The smallest absolute Gasteiger partial charge is 0.165 e. The molecule has 0 aliphatic heterocycles. The molecule has 2 heterocycles. The molecule has 0 aliphatic carbocycles. The van der Waals surface area contributed by atoms with E-state index >= 15 is 0 Å². The van der Waals surface area contributed by atoms with Crippen LogP contribution in [0.2, 0.25) is 0 Å². The Morgan fingerprint density at radius 3 is 1.86 bits per heavy atom. The molecule has 0 unspecified atom stereocenters. The molecular formula is C45H27N3S. The summed E-state index contributed by atoms with van der Waals surface area (Å²) in [6.07, 6.45) is 0. The molecule has 49 heavy (non-hydrogen) atoms. The number of benzene rings is 8. The highest BCUT2D eigenvalue weighted by Crippen LogP contribution is 2.42. The minimum atomic E-state index is 0.649. The molecule has 0 spiro atoms. The van der Waals surface area contributed by atoms with Crippen molar-refractivity contribution in [3.8, 4) is 45.3 Å². The zero-order chi connectivity index (χ0) is 32.3. The van der Waals surface area contributed by atoms with Gasteiger partial charge in [-0.1, -0.05) is 146 Å². The third kappa shape index (κ3) is 4.61. The zero-order valence-electron chi connectivity index (χ0n) is 26.3. The summed E-state index contributed by atoms with van der Waals surface area (Å²) < 4.78 is 2.59. The molecule has 0 N–H and O–H groups in total. The van der Waals surface area contributed by atoms with Crippen molar-refractivity contribution in [1.82, 2.24) is 15.0 Å². The summed E-state index contributed by atoms with van der Waals surface area (Å²) in [5.41, 5.74) is 5.27. The molecule has 2 aromatic heterocycles. The number of aromatic nitrogens is 3. The van der Waals surface area contributed by atoms with Crippen molar-refractivity contribution in [2.45, 2.75) is 0 Å². The normalized spacial score (nSPS) is 11.7. The fraction of sp³-hybridized carbons (Fsp3) is 0. The van der Waals surface area contributed by atoms with Crippen LogP contribution in [0.1, 0.15) is 0 Å². The van der Waals surface area contributed by atoms with Gasteiger partial charge in [-0.05, 0) is 61.6 Å². The van der Waals surface area contributed by atoms with E-state index < -0.39 is 0 Å². The van der Waals surface area contributed by atoms with Gasteiger partial charge in [-0.25, -0.2) is 15.0 Å². The van der Waals surface area contributed by atoms with Crippen molar-refractivity contribution in [3.63, 3.8) is 0 Å². The van der Waals surface area contributed by atoms with E-state index in [9.17, 15) is 0 Å². The Labute approximate surface area is 286 Å². The predicted molar refractivity (Wildman–Crippen MR) is 207 cm³/mol. The van der Waals surface area contributed by atoms with Gasteiger partial charge in [0, 0.05) is 36.9 Å². The van der Waals surface area contributed by atoms with Crippen LogP contribution in [-0.2, 0) is 0 Å². The van der Waals surface area contributed by atoms with Crippen LogP contribution < -0.4 is 0 Å². The van der Waals surface area contributed by atoms with Gasteiger partial charge in [-0.3, -0.25) is 0 Å². The summed E-state index contributed by atoms with van der Waals surface area (Å²) in [4.78, 5) is 15.6. The molecule has 0 aliphatic rings. The number of fused-ring (bicyclic) bond motifs is 7. The van der Waals surface area contributed by atoms with E-state index in [-0.39, 0.29) is 0 Å². The van der Waals surface area contributed by atoms with Gasteiger partial charge >= 0.3 is 0 Å². The summed E-state index contributed by atoms with van der Waals surface area (Å²) in [5.74, 6) is 1.97. The van der Waals surface area contributed by atoms with Crippen molar-refractivity contribution >= 4 is 63.8 Å². The quantitative estimate of drug-likeness (QED) is 0.142. The maximum Gasteiger partial charge on any atom is 0.165 e. The summed E-state index contributed by atoms with van der Waals surface area (Å²) >= 11 is 1.85. The molecule has 0 radical (unpaired) electrons. The molecule has 0 saturated heterocycles. The molecule has 4 heteroatoms. The first-order chi connectivity index (χ1) is 24.3. The highest BCUT2D eigenvalue weighted by Gasteiger charge is 2.19. The summed E-state index contributed by atoms with van der Waals surface area (Å²) in [7, 11) is 0. The van der Waals surface area contributed by atoms with Crippen molar-refractivity contribution in [2.24, 2.45) is 0 Å². The van der Waals surface area contributed by atoms with Crippen molar-refractivity contribution in [2.75, 3.05) is 0 Å². The Balaban J connectivity index is 1.23. The molecule has 0 amide bonds. The van der Waals surface area contributed by atoms with Gasteiger partial charge in [-0.2, -0.15) is 0 Å². The fourth-order valence-electron chi connectivity index (χ4n) is 7.19. The van der Waals surface area contributed by atoms with Gasteiger partial charge in [0.2, 0.25) is 0 Å². The SMILES string of the molecule is c1ccc(-c2nc(-c3cccc(-c4cccc5c4sc4ccccc45)c3)nc(-c3c4ccccc4cc4c3ccc3ccccc34)n2)cc1. The van der Waals surface area contributed by atoms with Crippen LogP contribution in [0.5, 0.6) is 0 Å². The lowest BCUT2D eigenvalue weighted by Crippen LogP contribution is -2.01. The van der Waals surface area contributed by atoms with Gasteiger partial charge in [0.25, 0.3) is 0 Å². The standard InChI is InChI=1S/C45H27N3S/c1-2-13-29(14-3-1)43-46-44(32-17-10-16-30(26-32)35-21-11-22-38-36-20-8-9-23-40(36)49-42(35)38)48-45(47-43)41-34-19-7-5-15-31(34)27-39-33-18-6-4-12-28(33)24-25-37(39)41/h1-27H. The topological polar surface area (TPSA) is 38.7 Å². The summed E-state index contributed by atoms with van der Waals surface area (Å²) in [5, 5.41) is 9.59. The molecule has 10 aromatic rings. The van der Waals surface area contributed by atoms with Crippen LogP contribution in [0.4, 0.5) is 0 Å². The van der Waals surface area contributed by atoms with E-state index in [0.29, 0.717) is 17.5 Å². The van der Waals surface area contributed by atoms with E-state index in [4.69, 9.17) is 15.0 Å². The van der Waals surface area contributed by atoms with Gasteiger partial charge in [0.05, 0.1) is 0 Å². The lowest BCUT2D eigenvalue weighted by Gasteiger charge is -2.15. The third-order valence-electron chi connectivity index (χ3n) is 9.50. The van der Waals surface area contributed by atoms with Crippen molar-refractivity contribution in [1.29, 1.82) is 0 Å². The zero-order valence-corrected chi connectivity index (χ0v) is 27.2. The maximum atomic E-state index is 5.29. The van der Waals surface area contributed by atoms with Crippen LogP contribution in [0.25, 0.3) is 97.8 Å². The highest BCUT2D eigenvalue weighted by atomic mass is 32.1. The van der Waals surface area contributed by atoms with E-state index in [1.807, 2.05) is 29.5 Å². The summed E-state index contributed by atoms with van der Waals surface area (Å²) in [6, 6.07) is 58.0. The van der Waals surface area contributed by atoms with Gasteiger partial charge in [0.15, 0.2) is 17.5 Å². The largest absolute Gasteiger partial charge is 0.208 e. The second-order valence-corrected chi connectivity index (χ2v) is 13.4. The van der Waals surface area contributed by atoms with Gasteiger partial charge < -0.3 is 0 Å². The Morgan fingerprint density at radius 2 is 0.980 bits per heavy atom. The average Bonchev–Trinajstić information content (AvgIpc) is 3.56. The van der Waals surface area contributed by atoms with Crippen LogP contribution in [0.3, 0.4) is 0 Å². The van der Waals surface area contributed by atoms with Crippen molar-refractivity contribution in [3.05, 3.63) is 164 Å². The Hall–Kier alpha value is -6.23. The Kier molecular flexibility index (Phi) is 6.36. The van der Waals surface area contributed by atoms with Gasteiger partial charge in [-0.15, -0.1) is 11.3 Å². The Bertz CT molecular complexity index is 2890. The highest BCUT2D eigenvalue weighted by molar-refractivity contribution is 7.26. The van der Waals surface area contributed by atoms with Gasteiger partial charge in [0.1, 0.15) is 0 Å². The number of hydrogen-bond donors (Lipinski definition) is 0. The second kappa shape index (κ2) is 11.2. The number of rotatable bonds is 4. The molecule has 0 fully saturated rings. The second-order valence-electron chi connectivity index (χ2n) is 12.4. The monoisotopic (exact) mass is 641 g/mol. The first kappa shape index (κ1) is 27.8. The molecule has 0 atom stereocenters. The molecule has 0 bridgehead atoms. The van der Waals surface area contributed by atoms with Crippen LogP contribution in [0, 0.1) is 0 Å². The predicted octanol–water partition coefficient (Wildman–Crippen LogP) is 12.4. The molecule has 228 valence electrons. The fourth-order valence-corrected chi connectivity index (χ4v) is 8.43. The van der Waals surface area contributed by atoms with E-state index in [0.717, 1.165) is 38.4 Å². The van der Waals surface area contributed by atoms with Crippen LogP contribution in [0.15, 0.2) is 164 Å². The minimum Gasteiger partial charge on any atom is -0.208 e. The molecule has 8 aromatic carbocycles.